The summed E-state index contributed by atoms with van der Waals surface area (Å²) in [7, 11) is 1.50. The number of barbiturate groups is 1. The molecule has 1 N–H and O–H groups in total. The average Bonchev–Trinajstić information content (AvgIpc) is 2.71. The Morgan fingerprint density at radius 3 is 2.45 bits per heavy atom. The first-order valence-corrected chi connectivity index (χ1v) is 10.6. The first kappa shape index (κ1) is 22.8. The van der Waals surface area contributed by atoms with Crippen molar-refractivity contribution in [1.29, 1.82) is 0 Å². The van der Waals surface area contributed by atoms with Gasteiger partial charge in [-0.05, 0) is 69.9 Å². The van der Waals surface area contributed by atoms with Crippen molar-refractivity contribution in [3.8, 4) is 11.5 Å². The molecule has 0 aromatic heterocycles. The number of nitrogens with zero attached hydrogens (tertiary/aromatic N) is 1. The van der Waals surface area contributed by atoms with Gasteiger partial charge < -0.3 is 9.47 Å². The van der Waals surface area contributed by atoms with E-state index < -0.39 is 17.8 Å². The largest absolute Gasteiger partial charge is 0.493 e. The van der Waals surface area contributed by atoms with Gasteiger partial charge in [-0.3, -0.25) is 14.9 Å². The molecule has 0 spiro atoms. The van der Waals surface area contributed by atoms with Crippen LogP contribution in [0.3, 0.4) is 0 Å². The second-order valence-electron chi connectivity index (χ2n) is 7.17. The van der Waals surface area contributed by atoms with Crippen LogP contribution in [0.1, 0.15) is 19.4 Å². The quantitative estimate of drug-likeness (QED) is 0.448. The van der Waals surface area contributed by atoms with Crippen LogP contribution in [0.25, 0.3) is 6.08 Å². The van der Waals surface area contributed by atoms with E-state index >= 15 is 0 Å². The topological polar surface area (TPSA) is 84.9 Å². The van der Waals surface area contributed by atoms with E-state index in [0.29, 0.717) is 44.8 Å². The van der Waals surface area contributed by atoms with Gasteiger partial charge in [0, 0.05) is 5.02 Å². The van der Waals surface area contributed by atoms with Crippen LogP contribution in [0.15, 0.2) is 46.4 Å². The summed E-state index contributed by atoms with van der Waals surface area (Å²) in [5, 5.41) is 2.64. The lowest BCUT2D eigenvalue weighted by Gasteiger charge is -2.26. The lowest BCUT2D eigenvalue weighted by Crippen LogP contribution is -2.54. The average molecular weight is 508 g/mol. The fraction of sp³-hybridized carbons (Fsp3) is 0.227. The number of rotatable bonds is 6. The minimum Gasteiger partial charge on any atom is -0.493 e. The number of benzene rings is 2. The molecular formula is C22H20BrClN2O5. The van der Waals surface area contributed by atoms with Gasteiger partial charge in [-0.1, -0.05) is 25.4 Å². The number of urea groups is 1. The lowest BCUT2D eigenvalue weighted by atomic mass is 10.1. The van der Waals surface area contributed by atoms with Crippen LogP contribution in [-0.4, -0.2) is 31.6 Å². The minimum absolute atomic E-state index is 0.195. The molecule has 2 aromatic carbocycles. The Balaban J connectivity index is 1.98. The summed E-state index contributed by atoms with van der Waals surface area (Å²) in [5.41, 5.74) is 0.616. The van der Waals surface area contributed by atoms with Gasteiger partial charge >= 0.3 is 6.03 Å². The normalized spacial score (nSPS) is 15.5. The number of halogens is 2. The summed E-state index contributed by atoms with van der Waals surface area (Å²) >= 11 is 9.33. The number of imide groups is 2. The van der Waals surface area contributed by atoms with Crippen molar-refractivity contribution in [2.75, 3.05) is 18.6 Å². The maximum absolute atomic E-state index is 13.0. The van der Waals surface area contributed by atoms with Gasteiger partial charge in [-0.15, -0.1) is 0 Å². The number of amides is 4. The zero-order valence-corrected chi connectivity index (χ0v) is 19.4. The predicted octanol–water partition coefficient (Wildman–Crippen LogP) is 4.81. The Bertz CT molecular complexity index is 1070. The number of hydrogen-bond donors (Lipinski definition) is 1. The van der Waals surface area contributed by atoms with Gasteiger partial charge in [-0.25, -0.2) is 9.69 Å². The Morgan fingerprint density at radius 1 is 1.16 bits per heavy atom. The van der Waals surface area contributed by atoms with Gasteiger partial charge in [0.15, 0.2) is 11.5 Å². The number of ether oxygens (including phenoxy) is 2. The Morgan fingerprint density at radius 2 is 1.84 bits per heavy atom. The summed E-state index contributed by atoms with van der Waals surface area (Å²) in [6, 6.07) is 8.67. The standard InChI is InChI=1S/C22H20BrClN2O5/c1-12(2)11-31-19-17(23)9-13(10-18(19)30-3)8-16-20(27)25-22(29)26(21(16)28)15-6-4-14(24)5-7-15/h4-10,12H,11H2,1-3H3,(H,25,27,29)/b16-8-. The molecule has 31 heavy (non-hydrogen) atoms. The summed E-state index contributed by atoms with van der Waals surface area (Å²) in [6.45, 7) is 4.55. The highest BCUT2D eigenvalue weighted by Crippen LogP contribution is 2.38. The smallest absolute Gasteiger partial charge is 0.335 e. The van der Waals surface area contributed by atoms with E-state index in [2.05, 4.69) is 21.2 Å². The number of methoxy groups -OCH3 is 1. The molecule has 1 fully saturated rings. The van der Waals surface area contributed by atoms with E-state index in [1.54, 1.807) is 24.3 Å². The van der Waals surface area contributed by atoms with E-state index in [0.717, 1.165) is 4.90 Å². The fourth-order valence-corrected chi connectivity index (χ4v) is 3.56. The van der Waals surface area contributed by atoms with Crippen LogP contribution >= 0.6 is 27.5 Å². The van der Waals surface area contributed by atoms with Gasteiger partial charge in [0.25, 0.3) is 11.8 Å². The minimum atomic E-state index is -0.828. The summed E-state index contributed by atoms with van der Waals surface area (Å²) in [5.74, 6) is -0.244. The number of nitrogens with one attached hydrogen (secondary N) is 1. The van der Waals surface area contributed by atoms with E-state index in [1.807, 2.05) is 13.8 Å². The van der Waals surface area contributed by atoms with Crippen LogP contribution in [0.4, 0.5) is 10.5 Å². The highest BCUT2D eigenvalue weighted by Gasteiger charge is 2.36. The molecule has 1 aliphatic rings. The van der Waals surface area contributed by atoms with Crippen molar-refractivity contribution < 1.29 is 23.9 Å². The molecule has 7 nitrogen and oxygen atoms in total. The monoisotopic (exact) mass is 506 g/mol. The van der Waals surface area contributed by atoms with E-state index in [9.17, 15) is 14.4 Å². The van der Waals surface area contributed by atoms with E-state index in [1.165, 1.54) is 25.3 Å². The number of anilines is 1. The lowest BCUT2D eigenvalue weighted by molar-refractivity contribution is -0.122. The summed E-state index contributed by atoms with van der Waals surface area (Å²) < 4.78 is 11.8. The van der Waals surface area contributed by atoms with E-state index in [4.69, 9.17) is 21.1 Å². The Labute approximate surface area is 193 Å². The third-order valence-electron chi connectivity index (χ3n) is 4.31. The van der Waals surface area contributed by atoms with Crippen molar-refractivity contribution in [2.45, 2.75) is 13.8 Å². The molecule has 9 heteroatoms. The molecule has 0 radical (unpaired) electrons. The van der Waals surface area contributed by atoms with Crippen molar-refractivity contribution in [2.24, 2.45) is 5.92 Å². The fourth-order valence-electron chi connectivity index (χ4n) is 2.86. The van der Waals surface area contributed by atoms with Gasteiger partial charge in [0.05, 0.1) is 23.9 Å². The van der Waals surface area contributed by atoms with Crippen LogP contribution in [0, 0.1) is 5.92 Å². The maximum atomic E-state index is 13.0. The van der Waals surface area contributed by atoms with Crippen LogP contribution in [0.2, 0.25) is 5.02 Å². The van der Waals surface area contributed by atoms with E-state index in [-0.39, 0.29) is 5.57 Å². The molecule has 162 valence electrons. The molecule has 1 saturated heterocycles. The van der Waals surface area contributed by atoms with Gasteiger partial charge in [0.2, 0.25) is 0 Å². The number of carbonyl (C=O) groups is 3. The van der Waals surface area contributed by atoms with Crippen molar-refractivity contribution >= 4 is 57.1 Å². The molecule has 1 aliphatic heterocycles. The molecule has 0 bridgehead atoms. The SMILES string of the molecule is COc1cc(/C=C2/C(=O)NC(=O)N(c3ccc(Cl)cc3)C2=O)cc(Br)c1OCC(C)C. The molecule has 0 saturated carbocycles. The first-order chi connectivity index (χ1) is 14.7. The number of hydrogen-bond acceptors (Lipinski definition) is 5. The zero-order valence-electron chi connectivity index (χ0n) is 17.1. The van der Waals surface area contributed by atoms with Crippen molar-refractivity contribution in [3.05, 3.63) is 57.0 Å². The molecule has 4 amide bonds. The van der Waals surface area contributed by atoms with Crippen molar-refractivity contribution in [1.82, 2.24) is 5.32 Å². The third kappa shape index (κ3) is 5.08. The van der Waals surface area contributed by atoms with Gasteiger partial charge in [0.1, 0.15) is 5.57 Å². The van der Waals surface area contributed by atoms with Crippen LogP contribution in [0.5, 0.6) is 11.5 Å². The molecule has 0 atom stereocenters. The predicted molar refractivity (Wildman–Crippen MR) is 121 cm³/mol. The summed E-state index contributed by atoms with van der Waals surface area (Å²) in [4.78, 5) is 38.6. The van der Waals surface area contributed by atoms with Crippen molar-refractivity contribution in [3.63, 3.8) is 0 Å². The highest BCUT2D eigenvalue weighted by molar-refractivity contribution is 9.10. The first-order valence-electron chi connectivity index (χ1n) is 9.38. The second-order valence-corrected chi connectivity index (χ2v) is 8.46. The number of carbonyl (C=O) groups excluding carboxylic acids is 3. The second kappa shape index (κ2) is 9.53. The zero-order chi connectivity index (χ0) is 22.7. The third-order valence-corrected chi connectivity index (χ3v) is 5.15. The Hall–Kier alpha value is -2.84. The van der Waals surface area contributed by atoms with Crippen LogP contribution < -0.4 is 19.7 Å². The molecule has 2 aromatic rings. The van der Waals surface area contributed by atoms with Crippen LogP contribution in [-0.2, 0) is 9.59 Å². The maximum Gasteiger partial charge on any atom is 0.335 e. The Kier molecular flexibility index (Phi) is 7.02. The molecule has 0 aliphatic carbocycles. The van der Waals surface area contributed by atoms with Gasteiger partial charge in [-0.2, -0.15) is 0 Å². The summed E-state index contributed by atoms with van der Waals surface area (Å²) in [6.07, 6.45) is 1.40. The molecular weight excluding hydrogens is 488 g/mol. The molecule has 1 heterocycles. The molecule has 3 rings (SSSR count). The highest BCUT2D eigenvalue weighted by atomic mass is 79.9. The molecule has 0 unspecified atom stereocenters.